The first kappa shape index (κ1) is 47.8. The Morgan fingerprint density at radius 2 is 1.02 bits per heavy atom. The van der Waals surface area contributed by atoms with Crippen molar-refractivity contribution in [2.75, 3.05) is 0 Å². The SMILES string of the molecule is C1=C\C/C=C\C\C([B-](c2ccccc2)(c2ccccc2)c2ccccc2)=C/1.CC.CC.CC.CC.[CH2-]CC(C)[CH-]C.[CH3+].[Y]. The summed E-state index contributed by atoms with van der Waals surface area (Å²) in [6.45, 7) is 24.0. The first-order valence-electron chi connectivity index (χ1n) is 16.2. The molecule has 2 heteroatoms. The third-order valence-corrected chi connectivity index (χ3v) is 6.72. The average Bonchev–Trinajstić information content (AvgIpc) is 3.07. The maximum absolute atomic E-state index is 3.73. The molecule has 0 spiro atoms. The molecule has 0 amide bonds. The molecule has 235 valence electrons. The van der Waals surface area contributed by atoms with Gasteiger partial charge in [0.1, 0.15) is 6.15 Å². The molecule has 0 aromatic heterocycles. The van der Waals surface area contributed by atoms with Crippen LogP contribution in [0.3, 0.4) is 0 Å². The second-order valence-electron chi connectivity index (χ2n) is 8.78. The third kappa shape index (κ3) is 16.0. The van der Waals surface area contributed by atoms with Crippen LogP contribution in [0.2, 0.25) is 0 Å². The molecule has 1 unspecified atom stereocenters. The minimum atomic E-state index is -1.21. The molecule has 1 aliphatic carbocycles. The van der Waals surface area contributed by atoms with Crippen LogP contribution in [0.5, 0.6) is 0 Å². The van der Waals surface area contributed by atoms with E-state index in [1.807, 2.05) is 55.4 Å². The Morgan fingerprint density at radius 3 is 1.33 bits per heavy atom. The predicted molar refractivity (Wildman–Crippen MR) is 200 cm³/mol. The zero-order chi connectivity index (χ0) is 31.4. The third-order valence-electron chi connectivity index (χ3n) is 6.72. The summed E-state index contributed by atoms with van der Waals surface area (Å²) < 4.78 is 0. The molecule has 0 nitrogen and oxygen atoms in total. The van der Waals surface area contributed by atoms with E-state index in [4.69, 9.17) is 0 Å². The number of hydrogen-bond acceptors (Lipinski definition) is 0. The monoisotopic (exact) mass is 655 g/mol. The molecule has 4 rings (SSSR count). The second kappa shape index (κ2) is 32.8. The molecule has 0 saturated carbocycles. The minimum absolute atomic E-state index is 0. The molecule has 0 saturated heterocycles. The van der Waals surface area contributed by atoms with Crippen LogP contribution >= 0.6 is 0 Å². The van der Waals surface area contributed by atoms with Gasteiger partial charge < -0.3 is 13.3 Å². The minimum Gasteiger partial charge on any atom is -0.345 e. The van der Waals surface area contributed by atoms with Crippen molar-refractivity contribution in [3.8, 4) is 0 Å². The maximum Gasteiger partial charge on any atom is 0.104 e. The molecular formula is C41H63BY-2. The summed E-state index contributed by atoms with van der Waals surface area (Å²) >= 11 is 0. The van der Waals surface area contributed by atoms with Gasteiger partial charge in [-0.05, 0) is 12.8 Å². The van der Waals surface area contributed by atoms with Gasteiger partial charge >= 0.3 is 0 Å². The van der Waals surface area contributed by atoms with Crippen LogP contribution in [0.4, 0.5) is 0 Å². The molecule has 1 radical (unpaired) electrons. The molecule has 0 heterocycles. The van der Waals surface area contributed by atoms with E-state index in [9.17, 15) is 0 Å². The van der Waals surface area contributed by atoms with Crippen LogP contribution in [-0.4, -0.2) is 6.15 Å². The largest absolute Gasteiger partial charge is 0.345 e. The molecule has 1 aliphatic rings. The summed E-state index contributed by atoms with van der Waals surface area (Å²) in [5, 5.41) is 0. The summed E-state index contributed by atoms with van der Waals surface area (Å²) in [6, 6.07) is 33.0. The van der Waals surface area contributed by atoms with Crippen molar-refractivity contribution in [2.24, 2.45) is 5.92 Å². The van der Waals surface area contributed by atoms with Crippen LogP contribution < -0.4 is 16.4 Å². The zero-order valence-corrected chi connectivity index (χ0v) is 32.5. The van der Waals surface area contributed by atoms with Crippen molar-refractivity contribution in [3.63, 3.8) is 0 Å². The van der Waals surface area contributed by atoms with Crippen LogP contribution in [-0.2, 0) is 32.7 Å². The van der Waals surface area contributed by atoms with Gasteiger partial charge in [-0.25, -0.2) is 11.9 Å². The fourth-order valence-corrected chi connectivity index (χ4v) is 4.66. The Balaban J connectivity index is -0.000000411. The molecule has 43 heavy (non-hydrogen) atoms. The quantitative estimate of drug-likeness (QED) is 0.141. The number of hydrogen-bond donors (Lipinski definition) is 0. The van der Waals surface area contributed by atoms with Gasteiger partial charge in [-0.2, -0.15) is 29.2 Å². The van der Waals surface area contributed by atoms with Crippen molar-refractivity contribution in [1.29, 1.82) is 0 Å². The van der Waals surface area contributed by atoms with Gasteiger partial charge in [-0.3, -0.25) is 0 Å². The summed E-state index contributed by atoms with van der Waals surface area (Å²) in [7, 11) is 0. The Kier molecular flexibility index (Phi) is 36.5. The van der Waals surface area contributed by atoms with Gasteiger partial charge in [0.15, 0.2) is 0 Å². The van der Waals surface area contributed by atoms with E-state index in [0.717, 1.165) is 19.3 Å². The summed E-state index contributed by atoms with van der Waals surface area (Å²) in [6.07, 6.45) is 15.3. The molecule has 1 atom stereocenters. The topological polar surface area (TPSA) is 0 Å². The van der Waals surface area contributed by atoms with Crippen molar-refractivity contribution in [1.82, 2.24) is 0 Å². The number of benzene rings is 3. The fraction of sp³-hybridized carbons (Fsp3) is 0.341. The van der Waals surface area contributed by atoms with E-state index < -0.39 is 6.15 Å². The Morgan fingerprint density at radius 1 is 0.651 bits per heavy atom. The van der Waals surface area contributed by atoms with Gasteiger partial charge in [0.2, 0.25) is 0 Å². The molecule has 0 aliphatic heterocycles. The Hall–Kier alpha value is -2.08. The van der Waals surface area contributed by atoms with E-state index in [-0.39, 0.29) is 40.1 Å². The fourth-order valence-electron chi connectivity index (χ4n) is 4.66. The van der Waals surface area contributed by atoms with Gasteiger partial charge in [-0.15, -0.1) is 6.08 Å². The van der Waals surface area contributed by atoms with Gasteiger partial charge in [0.05, 0.1) is 0 Å². The normalized spacial score (nSPS) is 14.3. The van der Waals surface area contributed by atoms with Crippen molar-refractivity contribution in [3.05, 3.63) is 148 Å². The molecule has 0 bridgehead atoms. The summed E-state index contributed by atoms with van der Waals surface area (Å²) in [4.78, 5) is 0. The first-order valence-corrected chi connectivity index (χ1v) is 16.2. The van der Waals surface area contributed by atoms with Gasteiger partial charge in [0, 0.05) is 40.1 Å². The van der Waals surface area contributed by atoms with Crippen molar-refractivity contribution < 1.29 is 32.7 Å². The predicted octanol–water partition coefficient (Wildman–Crippen LogP) is 11.2. The van der Waals surface area contributed by atoms with Crippen LogP contribution in [0.15, 0.2) is 127 Å². The summed E-state index contributed by atoms with van der Waals surface area (Å²) in [5.41, 5.74) is 5.54. The Labute approximate surface area is 295 Å². The van der Waals surface area contributed by atoms with E-state index in [1.165, 1.54) is 21.9 Å². The van der Waals surface area contributed by atoms with Crippen molar-refractivity contribution >= 4 is 22.5 Å². The molecule has 3 aromatic carbocycles. The molecule has 0 fully saturated rings. The van der Waals surface area contributed by atoms with Crippen LogP contribution in [0.1, 0.15) is 88.5 Å². The second-order valence-corrected chi connectivity index (χ2v) is 8.78. The van der Waals surface area contributed by atoms with Crippen LogP contribution in [0.25, 0.3) is 0 Å². The summed E-state index contributed by atoms with van der Waals surface area (Å²) in [5.74, 6) is 0.699. The molecule has 3 aromatic rings. The van der Waals surface area contributed by atoms with Gasteiger partial charge in [-0.1, -0.05) is 178 Å². The van der Waals surface area contributed by atoms with E-state index in [0.29, 0.717) is 5.92 Å². The number of allylic oxidation sites excluding steroid dienone is 6. The maximum atomic E-state index is 3.73. The van der Waals surface area contributed by atoms with E-state index in [2.05, 4.69) is 149 Å². The van der Waals surface area contributed by atoms with E-state index >= 15 is 0 Å². The molecule has 0 N–H and O–H groups in total. The average molecular weight is 656 g/mol. The zero-order valence-electron chi connectivity index (χ0n) is 29.7. The van der Waals surface area contributed by atoms with Crippen molar-refractivity contribution in [2.45, 2.75) is 88.5 Å². The smallest absolute Gasteiger partial charge is 0.104 e. The van der Waals surface area contributed by atoms with Gasteiger partial charge in [0.25, 0.3) is 0 Å². The first-order chi connectivity index (χ1) is 20.2. The Bertz CT molecular complexity index is 936. The molecular weight excluding hydrogens is 592 g/mol. The van der Waals surface area contributed by atoms with Crippen LogP contribution in [0, 0.1) is 26.7 Å². The van der Waals surface area contributed by atoms with E-state index in [1.54, 1.807) is 0 Å². The number of rotatable bonds is 6. The standard InChI is InChI=1S/C26H24B.C6H12.4C2H6.CH3.Y/c1-2-7-15-23(16-8-3-1)27(24-17-9-4-10-18-24,25-19-11-5-12-20-25)26-21-13-6-14-22-26;1-4-6(3)5-2;4*1-2;;/h2-15,17-22H,1,16H2;5-6H,1,4H2,2-3H3;4*1-2H3;1H3;/q-1;-2;;;;;+1;/b7-2-,8-3-,23-15+;;;;;;;.